The number of aryl methyl sites for hydroxylation is 1. The van der Waals surface area contributed by atoms with Gasteiger partial charge in [0, 0.05) is 25.0 Å². The van der Waals surface area contributed by atoms with Crippen LogP contribution in [0.1, 0.15) is 38.1 Å². The summed E-state index contributed by atoms with van der Waals surface area (Å²) >= 11 is 0. The van der Waals surface area contributed by atoms with Gasteiger partial charge in [0.2, 0.25) is 5.91 Å². The molecule has 0 bridgehead atoms. The number of benzene rings is 1. The Balaban J connectivity index is 1.75. The minimum absolute atomic E-state index is 0.0108. The quantitative estimate of drug-likeness (QED) is 0.356. The van der Waals surface area contributed by atoms with Crippen LogP contribution in [-0.4, -0.2) is 73.6 Å². The summed E-state index contributed by atoms with van der Waals surface area (Å²) in [6.07, 6.45) is -1.18. The molecule has 0 radical (unpaired) electrons. The van der Waals surface area contributed by atoms with E-state index >= 15 is 8.78 Å². The molecule has 2 amide bonds. The molecule has 14 heteroatoms. The minimum Gasteiger partial charge on any atom is -0.496 e. The second-order valence-electron chi connectivity index (χ2n) is 11.4. The lowest BCUT2D eigenvalue weighted by atomic mass is 9.99. The van der Waals surface area contributed by atoms with E-state index in [1.807, 2.05) is 13.8 Å². The van der Waals surface area contributed by atoms with Crippen molar-refractivity contribution in [2.45, 2.75) is 45.7 Å². The van der Waals surface area contributed by atoms with Gasteiger partial charge in [-0.2, -0.15) is 5.10 Å². The van der Waals surface area contributed by atoms with Gasteiger partial charge in [0.15, 0.2) is 11.5 Å². The molecule has 1 aromatic carbocycles. The van der Waals surface area contributed by atoms with Gasteiger partial charge in [-0.05, 0) is 38.0 Å². The van der Waals surface area contributed by atoms with Gasteiger partial charge in [-0.15, -0.1) is 0 Å². The van der Waals surface area contributed by atoms with Crippen molar-refractivity contribution in [3.8, 4) is 22.7 Å². The molecule has 5 heterocycles. The number of anilines is 2. The third kappa shape index (κ3) is 4.19. The summed E-state index contributed by atoms with van der Waals surface area (Å²) in [4.78, 5) is 47.2. The lowest BCUT2D eigenvalue weighted by molar-refractivity contribution is -0.118. The normalized spacial score (nSPS) is 18.0. The maximum Gasteiger partial charge on any atom is 0.407 e. The van der Waals surface area contributed by atoms with E-state index in [2.05, 4.69) is 15.4 Å². The number of fused-ring (bicyclic) bond motifs is 5. The Labute approximate surface area is 250 Å². The summed E-state index contributed by atoms with van der Waals surface area (Å²) in [6, 6.07) is 3.71. The number of piperazine rings is 1. The number of hydrogen-bond acceptors (Lipinski definition) is 7. The molecule has 4 aromatic rings. The fourth-order valence-corrected chi connectivity index (χ4v) is 6.17. The summed E-state index contributed by atoms with van der Waals surface area (Å²) in [6.45, 7) is 7.19. The van der Waals surface area contributed by atoms with E-state index in [0.717, 1.165) is 11.0 Å². The largest absolute Gasteiger partial charge is 0.496 e. The number of carboxylic acid groups (broad SMARTS) is 1. The average molecular weight is 608 g/mol. The van der Waals surface area contributed by atoms with Crippen molar-refractivity contribution in [1.82, 2.24) is 24.2 Å². The Kier molecular flexibility index (Phi) is 6.82. The van der Waals surface area contributed by atoms with Crippen LogP contribution in [0.25, 0.3) is 28.0 Å². The van der Waals surface area contributed by atoms with Gasteiger partial charge in [-0.3, -0.25) is 18.8 Å². The third-order valence-corrected chi connectivity index (χ3v) is 8.43. The van der Waals surface area contributed by atoms with Crippen LogP contribution in [0.5, 0.6) is 5.75 Å². The maximum atomic E-state index is 16.2. The van der Waals surface area contributed by atoms with Crippen molar-refractivity contribution in [2.75, 3.05) is 30.4 Å². The Morgan fingerprint density at radius 1 is 1.16 bits per heavy atom. The first-order valence-corrected chi connectivity index (χ1v) is 14.1. The van der Waals surface area contributed by atoms with Gasteiger partial charge in [-0.1, -0.05) is 19.9 Å². The molecule has 0 unspecified atom stereocenters. The highest BCUT2D eigenvalue weighted by molar-refractivity contribution is 6.10. The van der Waals surface area contributed by atoms with Crippen LogP contribution in [0.4, 0.5) is 25.0 Å². The fourth-order valence-electron chi connectivity index (χ4n) is 6.17. The number of nitrogens with zero attached hydrogens (tertiary/aromatic N) is 6. The van der Waals surface area contributed by atoms with E-state index < -0.39 is 41.3 Å². The summed E-state index contributed by atoms with van der Waals surface area (Å²) in [5.74, 6) is -2.31. The number of halogens is 2. The predicted molar refractivity (Wildman–Crippen MR) is 159 cm³/mol. The van der Waals surface area contributed by atoms with Crippen molar-refractivity contribution in [3.63, 3.8) is 0 Å². The minimum atomic E-state index is -1.18. The monoisotopic (exact) mass is 607 g/mol. The molecule has 2 atom stereocenters. The third-order valence-electron chi connectivity index (χ3n) is 8.43. The number of amides is 2. The first-order valence-electron chi connectivity index (χ1n) is 14.1. The lowest BCUT2D eigenvalue weighted by Gasteiger charge is -2.47. The molecule has 0 aliphatic carbocycles. The number of aromatic nitrogens is 4. The average Bonchev–Trinajstić information content (AvgIpc) is 3.26. The number of pyridine rings is 2. The van der Waals surface area contributed by atoms with Crippen molar-refractivity contribution >= 4 is 34.4 Å². The van der Waals surface area contributed by atoms with Crippen molar-refractivity contribution in [3.05, 3.63) is 57.6 Å². The highest BCUT2D eigenvalue weighted by Gasteiger charge is 2.44. The first kappa shape index (κ1) is 29.1. The van der Waals surface area contributed by atoms with E-state index in [-0.39, 0.29) is 58.4 Å². The molecule has 1 fully saturated rings. The van der Waals surface area contributed by atoms with Crippen molar-refractivity contribution in [1.29, 1.82) is 0 Å². The predicted octanol–water partition coefficient (Wildman–Crippen LogP) is 4.01. The molecule has 44 heavy (non-hydrogen) atoms. The summed E-state index contributed by atoms with van der Waals surface area (Å²) in [5, 5.41) is 17.2. The number of hydrogen-bond donors (Lipinski definition) is 2. The Bertz CT molecular complexity index is 1940. The zero-order valence-electron chi connectivity index (χ0n) is 25.0. The van der Waals surface area contributed by atoms with Crippen LogP contribution < -0.4 is 20.5 Å². The van der Waals surface area contributed by atoms with Crippen LogP contribution in [0, 0.1) is 18.6 Å². The van der Waals surface area contributed by atoms with Gasteiger partial charge in [0.05, 0.1) is 42.0 Å². The summed E-state index contributed by atoms with van der Waals surface area (Å²) < 4.78 is 39.7. The van der Waals surface area contributed by atoms with Gasteiger partial charge < -0.3 is 25.0 Å². The number of carbonyl (C=O) groups excluding carboxylic acids is 1. The summed E-state index contributed by atoms with van der Waals surface area (Å²) in [5.41, 5.74) is 0.491. The molecule has 0 spiro atoms. The van der Waals surface area contributed by atoms with Crippen molar-refractivity contribution < 1.29 is 28.2 Å². The molecule has 230 valence electrons. The zero-order valence-corrected chi connectivity index (χ0v) is 25.0. The second-order valence-corrected chi connectivity index (χ2v) is 11.4. The Morgan fingerprint density at radius 3 is 2.55 bits per heavy atom. The number of rotatable bonds is 4. The van der Waals surface area contributed by atoms with Crippen LogP contribution in [0.2, 0.25) is 0 Å². The highest BCUT2D eigenvalue weighted by Crippen LogP contribution is 2.42. The highest BCUT2D eigenvalue weighted by atomic mass is 19.1. The number of nitrogens with one attached hydrogen (secondary N) is 1. The van der Waals surface area contributed by atoms with E-state index in [9.17, 15) is 19.5 Å². The number of ether oxygens (including phenoxy) is 1. The smallest absolute Gasteiger partial charge is 0.407 e. The molecule has 0 saturated carbocycles. The van der Waals surface area contributed by atoms with Crippen LogP contribution in [0.3, 0.4) is 0 Å². The molecular weight excluding hydrogens is 576 g/mol. The number of carbonyl (C=O) groups is 2. The van der Waals surface area contributed by atoms with E-state index in [1.54, 1.807) is 30.5 Å². The lowest BCUT2D eigenvalue weighted by Crippen LogP contribution is -2.64. The van der Waals surface area contributed by atoms with Crippen LogP contribution >= 0.6 is 0 Å². The van der Waals surface area contributed by atoms with Gasteiger partial charge >= 0.3 is 6.09 Å². The topological polar surface area (TPSA) is 135 Å². The molecule has 1 saturated heterocycles. The molecule has 2 aliphatic rings. The first-order chi connectivity index (χ1) is 20.8. The molecule has 6 rings (SSSR count). The van der Waals surface area contributed by atoms with Crippen LogP contribution in [-0.2, 0) is 11.8 Å². The maximum absolute atomic E-state index is 16.2. The Hall–Kier alpha value is -5.01. The zero-order chi connectivity index (χ0) is 31.8. The standard InChI is InChI=1S/C30H31F2N7O5/c1-13(2)22-25(15(4)36(5)35-22)39-27-16(10-18(32)23(33-27)21-17(31)8-7-9-20(21)44-6)26-24(29(39)41)34-28(40)19-12-37(30(42)43)14(3)11-38(19)26/h7-10,13-14,19H,11-12H2,1-6H3,(H,34,40)(H,42,43)/t14-,19-/m1/s1. The number of methoxy groups -OCH3 is 1. The SMILES string of the molecule is COc1cccc(F)c1-c1nc2c(cc1F)c1c(c(=O)n2-c2c(C(C)C)nn(C)c2C)NC(=O)[C@H]2CN(C(=O)O)[C@H](C)CN12. The van der Waals surface area contributed by atoms with Crippen LogP contribution in [0.15, 0.2) is 29.1 Å². The Morgan fingerprint density at radius 2 is 1.89 bits per heavy atom. The molecule has 2 aliphatic heterocycles. The van der Waals surface area contributed by atoms with Gasteiger partial charge in [-0.25, -0.2) is 18.6 Å². The molecule has 2 N–H and O–H groups in total. The van der Waals surface area contributed by atoms with Crippen molar-refractivity contribution in [2.24, 2.45) is 7.05 Å². The van der Waals surface area contributed by atoms with E-state index in [0.29, 0.717) is 17.1 Å². The van der Waals surface area contributed by atoms with E-state index in [4.69, 9.17) is 4.74 Å². The van der Waals surface area contributed by atoms with E-state index in [1.165, 1.54) is 29.9 Å². The molecule has 3 aromatic heterocycles. The van der Waals surface area contributed by atoms with Gasteiger partial charge in [0.1, 0.15) is 29.0 Å². The fraction of sp³-hybridized carbons (Fsp3) is 0.367. The molecule has 12 nitrogen and oxygen atoms in total. The second kappa shape index (κ2) is 10.3. The molecular formula is C30H31F2N7O5. The summed E-state index contributed by atoms with van der Waals surface area (Å²) in [7, 11) is 3.06. The van der Waals surface area contributed by atoms with Gasteiger partial charge in [0.25, 0.3) is 5.56 Å².